The predicted molar refractivity (Wildman–Crippen MR) is 375 cm³/mol. The van der Waals surface area contributed by atoms with E-state index in [9.17, 15) is 47.0 Å². The predicted octanol–water partition coefficient (Wildman–Crippen LogP) is 5.39. The van der Waals surface area contributed by atoms with Crippen LogP contribution in [-0.2, 0) is 70.1 Å². The van der Waals surface area contributed by atoms with Crippen LogP contribution in [0.5, 0.6) is 0 Å². The first kappa shape index (κ1) is 82.2. The third-order valence-electron chi connectivity index (χ3n) is 22.4. The van der Waals surface area contributed by atoms with Gasteiger partial charge in [0.25, 0.3) is 0 Å². The second-order valence-corrected chi connectivity index (χ2v) is 30.8. The number of alkyl halides is 3. The van der Waals surface area contributed by atoms with Crippen LogP contribution in [-0.4, -0.2) is 263 Å². The number of halogens is 4. The van der Waals surface area contributed by atoms with E-state index in [0.717, 1.165) is 89.5 Å². The molecule has 0 unspecified atom stereocenters. The van der Waals surface area contributed by atoms with Crippen LogP contribution in [0.15, 0.2) is 18.2 Å². The van der Waals surface area contributed by atoms with Crippen molar-refractivity contribution in [2.75, 3.05) is 88.6 Å². The van der Waals surface area contributed by atoms with Crippen molar-refractivity contribution in [3.05, 3.63) is 34.3 Å². The minimum atomic E-state index is -4.78. The number of nitrogens with zero attached hydrogens (tertiary/aromatic N) is 9. The van der Waals surface area contributed by atoms with Gasteiger partial charge >= 0.3 is 6.18 Å². The van der Waals surface area contributed by atoms with Crippen LogP contribution < -0.4 is 16.0 Å². The molecule has 12 amide bonds. The van der Waals surface area contributed by atoms with Crippen molar-refractivity contribution in [1.82, 2.24) is 60.0 Å². The molecule has 6 aliphatic rings. The van der Waals surface area contributed by atoms with E-state index in [2.05, 4.69) is 16.0 Å². The lowest BCUT2D eigenvalue weighted by molar-refractivity contribution is -0.157. The molecule has 3 heterocycles. The molecule has 1 aromatic rings. The molecule has 0 radical (unpaired) electrons. The lowest BCUT2D eigenvalue weighted by Gasteiger charge is -2.43. The Bertz CT molecular complexity index is 3170. The summed E-state index contributed by atoms with van der Waals surface area (Å²) in [6.45, 7) is 5.86. The molecule has 0 aromatic heterocycles. The molecule has 25 nitrogen and oxygen atoms in total. The molecular weight excluding hydrogens is 1350 g/mol. The number of aliphatic hydroxyl groups excluding tert-OH is 1. The molecule has 9 atom stereocenters. The average molecular weight is 1460 g/mol. The summed E-state index contributed by atoms with van der Waals surface area (Å²) in [6, 6.07) is -6.14. The number of likely N-dealkylation sites (N-methyl/N-ethyl adjacent to an activating group) is 7. The normalized spacial score (nSPS) is 27.4. The number of carbonyl (C=O) groups excluding carboxylic acids is 12. The molecule has 1 spiro atoms. The van der Waals surface area contributed by atoms with Gasteiger partial charge in [-0.1, -0.05) is 116 Å². The van der Waals surface area contributed by atoms with Gasteiger partial charge < -0.3 is 65.2 Å². The number of hydrogen-bond acceptors (Lipinski definition) is 13. The Labute approximate surface area is 604 Å². The van der Waals surface area contributed by atoms with Gasteiger partial charge in [-0.15, -0.1) is 0 Å². The number of piperidine rings is 1. The Morgan fingerprint density at radius 1 is 0.657 bits per heavy atom. The van der Waals surface area contributed by atoms with Crippen LogP contribution in [0.1, 0.15) is 187 Å². The maximum Gasteiger partial charge on any atom is 0.417 e. The molecule has 570 valence electrons. The molecule has 6 fully saturated rings. The number of hydrogen-bond donors (Lipinski definition) is 4. The number of nitrogens with one attached hydrogen (secondary N) is 3. The summed E-state index contributed by atoms with van der Waals surface area (Å²) < 4.78 is 41.7. The average Bonchev–Trinajstić information content (AvgIpc) is 1.45. The van der Waals surface area contributed by atoms with E-state index in [1.54, 1.807) is 11.8 Å². The second kappa shape index (κ2) is 36.6. The van der Waals surface area contributed by atoms with E-state index < -0.39 is 186 Å². The lowest BCUT2D eigenvalue weighted by Crippen LogP contribution is -2.65. The van der Waals surface area contributed by atoms with Gasteiger partial charge in [-0.2, -0.15) is 13.2 Å². The third-order valence-corrected chi connectivity index (χ3v) is 22.7. The van der Waals surface area contributed by atoms with E-state index in [1.807, 2.05) is 20.8 Å². The minimum absolute atomic E-state index is 0.00297. The molecule has 3 saturated carbocycles. The van der Waals surface area contributed by atoms with Crippen molar-refractivity contribution in [3.8, 4) is 0 Å². The van der Waals surface area contributed by atoms with Gasteiger partial charge in [-0.05, 0) is 112 Å². The van der Waals surface area contributed by atoms with Crippen molar-refractivity contribution in [3.63, 3.8) is 0 Å². The van der Waals surface area contributed by atoms with E-state index in [0.29, 0.717) is 58.0 Å². The van der Waals surface area contributed by atoms with Crippen molar-refractivity contribution < 1.29 is 75.8 Å². The summed E-state index contributed by atoms with van der Waals surface area (Å²) in [7, 11) is 9.89. The fourth-order valence-corrected chi connectivity index (χ4v) is 16.2. The highest BCUT2D eigenvalue weighted by Gasteiger charge is 2.52. The Balaban J connectivity index is 1.30. The monoisotopic (exact) mass is 1460 g/mol. The molecular formula is C73H112ClF3N12O13. The maximum atomic E-state index is 15.8. The van der Waals surface area contributed by atoms with Gasteiger partial charge in [0.15, 0.2) is 0 Å². The van der Waals surface area contributed by atoms with Gasteiger partial charge in [0, 0.05) is 75.4 Å². The number of carbonyl (C=O) groups is 12. The van der Waals surface area contributed by atoms with Crippen molar-refractivity contribution in [2.24, 2.45) is 23.7 Å². The van der Waals surface area contributed by atoms with E-state index in [1.165, 1.54) is 75.0 Å². The number of aliphatic hydroxyl groups is 1. The summed E-state index contributed by atoms with van der Waals surface area (Å²) in [5, 5.41) is 19.4. The molecule has 1 aromatic carbocycles. The molecule has 0 bridgehead atoms. The molecule has 3 saturated heterocycles. The summed E-state index contributed by atoms with van der Waals surface area (Å²) in [4.78, 5) is 191. The number of amides is 12. The number of likely N-dealkylation sites (tertiary alicyclic amines) is 1. The SMILES string of the molecule is CC[C@H](C)[C@@H]1NC(=O)[C@H](CC(C)C)N(C)C(=O)C[C@@H](C(=O)N2CCCCC2)N(C)C(=O)[C@H](C2CCCCC2)N(C)C(=O)C2(CCCC2)NC(=O)[C@@H]2C[C@@H](O)CN2C(=O)[C@H](CCc2ccc(C(F)(F)F)c(Cl)c2)NC(=O)CN(C)C(=O)[C@H](CC2CCCCC2)N(C)C(=O)CN(C)C(=O)CN(C)C1=O. The fourth-order valence-electron chi connectivity index (χ4n) is 15.9. The van der Waals surface area contributed by atoms with Crippen molar-refractivity contribution in [1.29, 1.82) is 0 Å². The number of benzene rings is 1. The summed E-state index contributed by atoms with van der Waals surface area (Å²) in [6.07, 6.45) is 4.29. The van der Waals surface area contributed by atoms with E-state index in [-0.39, 0.29) is 62.3 Å². The molecule has 102 heavy (non-hydrogen) atoms. The highest BCUT2D eigenvalue weighted by Crippen LogP contribution is 2.39. The van der Waals surface area contributed by atoms with Crippen molar-refractivity contribution in [2.45, 2.75) is 242 Å². The highest BCUT2D eigenvalue weighted by atomic mass is 35.5. The highest BCUT2D eigenvalue weighted by molar-refractivity contribution is 6.31. The molecule has 4 N–H and O–H groups in total. The van der Waals surface area contributed by atoms with Gasteiger partial charge in [-0.25, -0.2) is 0 Å². The van der Waals surface area contributed by atoms with Crippen LogP contribution in [0.25, 0.3) is 0 Å². The molecule has 7 rings (SSSR count). The Kier molecular flexibility index (Phi) is 29.5. The summed E-state index contributed by atoms with van der Waals surface area (Å²) >= 11 is 6.15. The van der Waals surface area contributed by atoms with Gasteiger partial charge in [-0.3, -0.25) is 57.5 Å². The van der Waals surface area contributed by atoms with Gasteiger partial charge in [0.1, 0.15) is 47.8 Å². The van der Waals surface area contributed by atoms with Crippen molar-refractivity contribution >= 4 is 82.5 Å². The standard InChI is InChI=1S/C73H112ClF3N12O13/c1-12-46(4)62-69(100)83(7)43-60(93)81(5)44-61(94)85(9)56(38-47-24-16-13-17-25-47)67(98)82(6)42-58(91)78-53(31-29-48-28-30-51(52(74)37-48)73(75,76)77)66(97)89-41-50(90)39-55(89)65(96)80-72(32-20-21-33-72)71(102)87(11)63(49-26-18-14-19-27-49)70(101)86(10)57(68(99)88-34-22-15-23-35-88)40-59(92)84(8)54(36-45(2)3)64(95)79-62/h28,30,37,45-47,49-50,53-57,62-63,90H,12-27,29,31-36,38-44H2,1-11H3,(H,78,91)(H,79,95)(H,80,96)/t46-,50+,53-,54-,55-,56-,57-,62-,63-/m0/s1. The lowest BCUT2D eigenvalue weighted by atomic mass is 9.81. The van der Waals surface area contributed by atoms with Crippen LogP contribution in [0.2, 0.25) is 5.02 Å². The first-order chi connectivity index (χ1) is 48.1. The fraction of sp³-hybridized carbons (Fsp3) is 0.753. The molecule has 29 heteroatoms. The largest absolute Gasteiger partial charge is 0.417 e. The summed E-state index contributed by atoms with van der Waals surface area (Å²) in [5.74, 6) is -9.38. The van der Waals surface area contributed by atoms with Gasteiger partial charge in [0.2, 0.25) is 70.9 Å². The summed E-state index contributed by atoms with van der Waals surface area (Å²) in [5.41, 5.74) is -2.51. The smallest absolute Gasteiger partial charge is 0.391 e. The van der Waals surface area contributed by atoms with E-state index >= 15 is 28.8 Å². The molecule has 3 aliphatic carbocycles. The zero-order chi connectivity index (χ0) is 75.2. The Morgan fingerprint density at radius 2 is 1.25 bits per heavy atom. The maximum absolute atomic E-state index is 15.8. The Morgan fingerprint density at radius 3 is 1.84 bits per heavy atom. The third kappa shape index (κ3) is 20.7. The van der Waals surface area contributed by atoms with Crippen LogP contribution in [0.3, 0.4) is 0 Å². The van der Waals surface area contributed by atoms with Gasteiger partial charge in [0.05, 0.1) is 42.7 Å². The van der Waals surface area contributed by atoms with Crippen LogP contribution in [0, 0.1) is 23.7 Å². The number of fused-ring (bicyclic) bond motifs is 1. The molecule has 3 aliphatic heterocycles. The second-order valence-electron chi connectivity index (χ2n) is 30.4. The zero-order valence-electron chi connectivity index (χ0n) is 61.8. The quantitative estimate of drug-likeness (QED) is 0.216. The van der Waals surface area contributed by atoms with E-state index in [4.69, 9.17) is 11.6 Å². The Hall–Kier alpha value is -7.10. The number of rotatable bonds is 11. The number of aryl methyl sites for hydroxylation is 1. The van der Waals surface area contributed by atoms with Crippen LogP contribution >= 0.6 is 11.6 Å². The van der Waals surface area contributed by atoms with Crippen LogP contribution in [0.4, 0.5) is 13.2 Å². The first-order valence-electron chi connectivity index (χ1n) is 36.9. The zero-order valence-corrected chi connectivity index (χ0v) is 62.5. The topological polar surface area (TPSA) is 290 Å². The first-order valence-corrected chi connectivity index (χ1v) is 37.3. The minimum Gasteiger partial charge on any atom is -0.391 e.